The zero-order valence-electron chi connectivity index (χ0n) is 28.4. The first-order valence-electron chi connectivity index (χ1n) is 15.8. The summed E-state index contributed by atoms with van der Waals surface area (Å²) in [6, 6.07) is 13.9. The zero-order valence-corrected chi connectivity index (χ0v) is 28.4. The Labute approximate surface area is 283 Å². The van der Waals surface area contributed by atoms with Gasteiger partial charge in [0.25, 0.3) is 5.91 Å². The summed E-state index contributed by atoms with van der Waals surface area (Å²) in [4.78, 5) is 63.0. The van der Waals surface area contributed by atoms with Crippen molar-refractivity contribution >= 4 is 40.6 Å². The fourth-order valence-corrected chi connectivity index (χ4v) is 5.41. The summed E-state index contributed by atoms with van der Waals surface area (Å²) in [6.07, 6.45) is -4.14. The van der Waals surface area contributed by atoms with Crippen molar-refractivity contribution in [2.45, 2.75) is 58.8 Å². The topological polar surface area (TPSA) is 169 Å². The highest BCUT2D eigenvalue weighted by Crippen LogP contribution is 2.32. The molecule has 1 amide bonds. The van der Waals surface area contributed by atoms with Crippen molar-refractivity contribution in [3.05, 3.63) is 65.4 Å². The number of nitrogens with zero attached hydrogens (tertiary/aromatic N) is 1. The van der Waals surface area contributed by atoms with Gasteiger partial charge in [0.1, 0.15) is 43.4 Å². The Morgan fingerprint density at radius 2 is 1.55 bits per heavy atom. The summed E-state index contributed by atoms with van der Waals surface area (Å²) in [5.74, 6) is -2.46. The first-order valence-corrected chi connectivity index (χ1v) is 15.8. The predicted molar refractivity (Wildman–Crippen MR) is 174 cm³/mol. The van der Waals surface area contributed by atoms with Gasteiger partial charge in [-0.25, -0.2) is 0 Å². The lowest BCUT2D eigenvalue weighted by molar-refractivity contribution is -0.286. The van der Waals surface area contributed by atoms with Gasteiger partial charge in [-0.15, -0.1) is 0 Å². The first kappa shape index (κ1) is 37.0. The first-order chi connectivity index (χ1) is 23.3. The van der Waals surface area contributed by atoms with E-state index in [0.717, 1.165) is 10.9 Å². The molecule has 2 heterocycles. The van der Waals surface area contributed by atoms with E-state index >= 15 is 0 Å². The summed E-state index contributed by atoms with van der Waals surface area (Å²) in [7, 11) is 3.84. The van der Waals surface area contributed by atoms with Crippen LogP contribution in [0.3, 0.4) is 0 Å². The molecule has 0 spiro atoms. The lowest BCUT2D eigenvalue weighted by Crippen LogP contribution is -2.58. The normalized spacial score (nSPS) is 20.4. The molecular weight excluding hydrogens is 640 g/mol. The quantitative estimate of drug-likeness (QED) is 0.107. The van der Waals surface area contributed by atoms with Crippen LogP contribution in [0.5, 0.6) is 5.75 Å². The van der Waals surface area contributed by atoms with E-state index in [2.05, 4.69) is 5.32 Å². The summed E-state index contributed by atoms with van der Waals surface area (Å²) in [5.41, 5.74) is 1.79. The highest BCUT2D eigenvalue weighted by Gasteiger charge is 2.49. The van der Waals surface area contributed by atoms with Crippen molar-refractivity contribution in [3.8, 4) is 5.75 Å². The molecule has 49 heavy (non-hydrogen) atoms. The Morgan fingerprint density at radius 1 is 0.878 bits per heavy atom. The van der Waals surface area contributed by atoms with E-state index in [1.165, 1.54) is 20.8 Å². The molecule has 1 N–H and O–H groups in total. The van der Waals surface area contributed by atoms with Crippen LogP contribution >= 0.6 is 0 Å². The van der Waals surface area contributed by atoms with Crippen LogP contribution < -0.4 is 10.1 Å². The zero-order chi connectivity index (χ0) is 35.7. The number of para-hydroxylation sites is 1. The van der Waals surface area contributed by atoms with E-state index in [4.69, 9.17) is 32.8 Å². The largest absolute Gasteiger partial charge is 0.492 e. The van der Waals surface area contributed by atoms with E-state index in [0.29, 0.717) is 23.4 Å². The Balaban J connectivity index is 1.30. The van der Waals surface area contributed by atoms with Crippen molar-refractivity contribution in [1.82, 2.24) is 10.2 Å². The summed E-state index contributed by atoms with van der Waals surface area (Å²) >= 11 is 0. The minimum Gasteiger partial charge on any atom is -0.492 e. The van der Waals surface area contributed by atoms with Crippen LogP contribution in [0.4, 0.5) is 0 Å². The molecule has 1 aliphatic heterocycles. The number of ether oxygens (including phenoxy) is 6. The number of Topliss-reactive ketones (excluding diaryl/α,β-unsaturated/α-hetero) is 1. The molecule has 0 aliphatic carbocycles. The van der Waals surface area contributed by atoms with Gasteiger partial charge in [-0.3, -0.25) is 24.0 Å². The lowest BCUT2D eigenvalue weighted by Gasteiger charge is -2.43. The van der Waals surface area contributed by atoms with Gasteiger partial charge in [0.05, 0.1) is 6.54 Å². The fraction of sp³-hybridized carbons (Fsp3) is 0.457. The van der Waals surface area contributed by atoms with Gasteiger partial charge in [0.2, 0.25) is 0 Å². The van der Waals surface area contributed by atoms with Gasteiger partial charge in [-0.05, 0) is 44.4 Å². The van der Waals surface area contributed by atoms with E-state index in [9.17, 15) is 24.0 Å². The third-order valence-electron chi connectivity index (χ3n) is 7.59. The van der Waals surface area contributed by atoms with Crippen molar-refractivity contribution in [2.24, 2.45) is 5.92 Å². The van der Waals surface area contributed by atoms with Crippen LogP contribution in [0, 0.1) is 5.92 Å². The molecule has 0 radical (unpaired) electrons. The van der Waals surface area contributed by atoms with Crippen LogP contribution in [0.25, 0.3) is 11.0 Å². The monoisotopic (exact) mass is 682 g/mol. The molecule has 14 heteroatoms. The molecule has 14 nitrogen and oxygen atoms in total. The number of benzene rings is 2. The highest BCUT2D eigenvalue weighted by atomic mass is 16.7. The molecule has 4 rings (SSSR count). The summed E-state index contributed by atoms with van der Waals surface area (Å²) in [6.45, 7) is 5.53. The van der Waals surface area contributed by atoms with Gasteiger partial charge in [0, 0.05) is 49.7 Å². The molecule has 2 aromatic carbocycles. The van der Waals surface area contributed by atoms with Gasteiger partial charge < -0.3 is 43.1 Å². The van der Waals surface area contributed by atoms with Gasteiger partial charge >= 0.3 is 17.9 Å². The van der Waals surface area contributed by atoms with Crippen LogP contribution in [-0.2, 0) is 44.6 Å². The van der Waals surface area contributed by atoms with E-state index in [1.807, 2.05) is 43.3 Å². The number of hydrogen-bond donors (Lipinski definition) is 1. The number of furan rings is 1. The second-order valence-electron chi connectivity index (χ2n) is 11.9. The molecule has 0 unspecified atom stereocenters. The molecule has 1 aliphatic rings. The molecule has 1 fully saturated rings. The van der Waals surface area contributed by atoms with Crippen molar-refractivity contribution in [2.75, 3.05) is 40.5 Å². The highest BCUT2D eigenvalue weighted by molar-refractivity contribution is 5.99. The van der Waals surface area contributed by atoms with Crippen LogP contribution in [0.15, 0.2) is 52.9 Å². The number of nitrogens with one attached hydrogen (secondary N) is 1. The third kappa shape index (κ3) is 10.1. The second kappa shape index (κ2) is 17.0. The van der Waals surface area contributed by atoms with Crippen LogP contribution in [-0.4, -0.2) is 99.6 Å². The maximum Gasteiger partial charge on any atom is 0.303 e. The van der Waals surface area contributed by atoms with Crippen molar-refractivity contribution < 1.29 is 56.8 Å². The summed E-state index contributed by atoms with van der Waals surface area (Å²) < 4.78 is 39.3. The number of esters is 3. The lowest BCUT2D eigenvalue weighted by atomic mass is 9.92. The van der Waals surface area contributed by atoms with Gasteiger partial charge in [-0.2, -0.15) is 0 Å². The van der Waals surface area contributed by atoms with Crippen LogP contribution in [0.1, 0.15) is 54.2 Å². The smallest absolute Gasteiger partial charge is 0.303 e. The van der Waals surface area contributed by atoms with Crippen molar-refractivity contribution in [3.63, 3.8) is 0 Å². The minimum absolute atomic E-state index is 0.175. The number of amides is 1. The average molecular weight is 683 g/mol. The number of rotatable bonds is 15. The minimum atomic E-state index is -1.07. The molecule has 0 bridgehead atoms. The molecular formula is C35H42N2O12. The Bertz CT molecular complexity index is 1630. The average Bonchev–Trinajstić information content (AvgIpc) is 3.41. The van der Waals surface area contributed by atoms with Gasteiger partial charge in [0.15, 0.2) is 23.9 Å². The van der Waals surface area contributed by atoms with E-state index in [-0.39, 0.29) is 43.8 Å². The molecule has 0 saturated carbocycles. The number of carbonyl (C=O) groups excluding carboxylic acids is 5. The number of hydrogen-bond acceptors (Lipinski definition) is 13. The maximum atomic E-state index is 13.0. The molecule has 1 aromatic heterocycles. The molecule has 1 saturated heterocycles. The fourth-order valence-electron chi connectivity index (χ4n) is 5.41. The SMILES string of the molecule is CC(=O)OC[C@H]1O[C@@H](OCC(=O)c2ccc(OCCNC(=O)c3oc4ccccc4c3CN(C)C)cc2)[C@H](C)[C@@H](OC(C)=O)[C@H]1OC(C)=O. The number of carbonyl (C=O) groups is 5. The Hall–Kier alpha value is -4.79. The van der Waals surface area contributed by atoms with Crippen LogP contribution in [0.2, 0.25) is 0 Å². The van der Waals surface area contributed by atoms with Crippen molar-refractivity contribution in [1.29, 1.82) is 0 Å². The summed E-state index contributed by atoms with van der Waals surface area (Å²) in [5, 5.41) is 3.72. The molecule has 3 aromatic rings. The molecule has 264 valence electrons. The predicted octanol–water partition coefficient (Wildman–Crippen LogP) is 3.29. The Morgan fingerprint density at radius 3 is 2.20 bits per heavy atom. The second-order valence-corrected chi connectivity index (χ2v) is 11.9. The number of ketones is 1. The van der Waals surface area contributed by atoms with Gasteiger partial charge in [-0.1, -0.05) is 25.1 Å². The maximum absolute atomic E-state index is 13.0. The van der Waals surface area contributed by atoms with E-state index in [1.54, 1.807) is 31.2 Å². The third-order valence-corrected chi connectivity index (χ3v) is 7.59. The van der Waals surface area contributed by atoms with E-state index < -0.39 is 48.4 Å². The standard InChI is InChI=1S/C35H42N2O12/c1-20-31(46-22(3)39)33(47-23(4)40)30(19-44-21(2)38)49-35(20)45-18-28(41)24-11-13-25(14-12-24)43-16-15-36-34(42)32-27(17-37(5)6)26-9-7-8-10-29(26)48-32/h7-14,20,30-31,33,35H,15-19H2,1-6H3,(H,36,42)/t20-,30-,31-,33+,35-/m1/s1. The number of fused-ring (bicyclic) bond motifs is 1. The Kier molecular flexibility index (Phi) is 12.9. The molecule has 5 atom stereocenters.